The summed E-state index contributed by atoms with van der Waals surface area (Å²) in [7, 11) is 0. The van der Waals surface area contributed by atoms with Crippen molar-refractivity contribution in [1.82, 2.24) is 0 Å². The van der Waals surface area contributed by atoms with E-state index in [2.05, 4.69) is 153 Å². The number of hydrogen-bond donors (Lipinski definition) is 0. The number of nitrogens with zero attached hydrogens (tertiary/aromatic N) is 4. The zero-order chi connectivity index (χ0) is 30.7. The van der Waals surface area contributed by atoms with Crippen LogP contribution in [-0.4, -0.2) is 17.3 Å². The predicted octanol–water partition coefficient (Wildman–Crippen LogP) is 9.18. The third-order valence-electron chi connectivity index (χ3n) is 8.50. The van der Waals surface area contributed by atoms with E-state index in [-0.39, 0.29) is 11.5 Å². The van der Waals surface area contributed by atoms with Crippen LogP contribution in [0.3, 0.4) is 0 Å². The maximum atomic E-state index is 6.57. The lowest BCUT2D eigenvalue weighted by molar-refractivity contribution is -0.730. The number of benzene rings is 4. The quantitative estimate of drug-likeness (QED) is 0.153. The molecule has 0 fully saturated rings. The summed E-state index contributed by atoms with van der Waals surface area (Å²) in [5.41, 5.74) is 6.75. The second kappa shape index (κ2) is 10.2. The van der Waals surface area contributed by atoms with Gasteiger partial charge in [-0.25, -0.2) is 0 Å². The lowest BCUT2D eigenvalue weighted by Gasteiger charge is -2.29. The van der Waals surface area contributed by atoms with Crippen LogP contribution >= 0.6 is 0 Å². The second-order valence-corrected chi connectivity index (χ2v) is 12.8. The van der Waals surface area contributed by atoms with Crippen molar-refractivity contribution in [3.63, 3.8) is 0 Å². The van der Waals surface area contributed by atoms with Gasteiger partial charge in [-0.15, -0.1) is 11.6 Å². The summed E-state index contributed by atoms with van der Waals surface area (Å²) in [4.78, 5) is 4.48. The summed E-state index contributed by atoms with van der Waals surface area (Å²) >= 11 is 0. The van der Waals surface area contributed by atoms with Gasteiger partial charge in [-0.3, -0.25) is 14.0 Å². The van der Waals surface area contributed by atoms with Crippen molar-refractivity contribution in [2.24, 2.45) is 5.41 Å². The number of para-hydroxylation sites is 3. The molecular formula is C39H38N4O. The first kappa shape index (κ1) is 27.7. The van der Waals surface area contributed by atoms with Crippen LogP contribution in [0.25, 0.3) is 21.8 Å². The van der Waals surface area contributed by atoms with Crippen LogP contribution in [0.4, 0.5) is 17.1 Å². The molecule has 0 bridgehead atoms. The van der Waals surface area contributed by atoms with E-state index in [4.69, 9.17) is 4.74 Å². The van der Waals surface area contributed by atoms with Gasteiger partial charge in [-0.05, 0) is 73.2 Å². The Morgan fingerprint density at radius 1 is 0.864 bits per heavy atom. The van der Waals surface area contributed by atoms with Crippen LogP contribution in [0.2, 0.25) is 0 Å². The molecule has 2 aliphatic heterocycles. The summed E-state index contributed by atoms with van der Waals surface area (Å²) < 4.78 is 10.8. The minimum absolute atomic E-state index is 0.00835. The van der Waals surface area contributed by atoms with Crippen LogP contribution in [-0.2, 0) is 0 Å². The van der Waals surface area contributed by atoms with Crippen molar-refractivity contribution in [2.45, 2.75) is 40.7 Å². The van der Waals surface area contributed by atoms with Gasteiger partial charge in [0.1, 0.15) is 28.4 Å². The molecule has 44 heavy (non-hydrogen) atoms. The Labute approximate surface area is 259 Å². The normalized spacial score (nSPS) is 15.1. The molecule has 7 rings (SSSR count). The lowest BCUT2D eigenvalue weighted by atomic mass is 9.85. The van der Waals surface area contributed by atoms with Crippen molar-refractivity contribution in [3.05, 3.63) is 133 Å². The first-order chi connectivity index (χ1) is 21.1. The van der Waals surface area contributed by atoms with E-state index in [9.17, 15) is 0 Å². The second-order valence-electron chi connectivity index (χ2n) is 12.8. The van der Waals surface area contributed by atoms with E-state index < -0.39 is 0 Å². The van der Waals surface area contributed by atoms with E-state index in [1.54, 1.807) is 0 Å². The summed E-state index contributed by atoms with van der Waals surface area (Å²) in [5.74, 6) is 2.47. The van der Waals surface area contributed by atoms with Gasteiger partial charge in [-0.1, -0.05) is 75.2 Å². The molecule has 5 heteroatoms. The number of fused-ring (bicyclic) bond motifs is 4. The Balaban J connectivity index is 1.29. The number of anilines is 3. The van der Waals surface area contributed by atoms with Gasteiger partial charge in [0.25, 0.3) is 0 Å². The molecule has 2 aliphatic rings. The SMILES string of the molecule is C=C1N(c2cccc(Oc3ccc4c5ccccc5[n+]([C-]5C=C(C(C)(C)C)C=C[N+]5=C)[c-]4c3)c2)c2ccccc2N1C(C)C. The largest absolute Gasteiger partial charge is 0.458 e. The van der Waals surface area contributed by atoms with E-state index in [0.717, 1.165) is 51.6 Å². The van der Waals surface area contributed by atoms with Crippen molar-refractivity contribution in [2.75, 3.05) is 9.80 Å². The van der Waals surface area contributed by atoms with Gasteiger partial charge in [-0.2, -0.15) is 0 Å². The van der Waals surface area contributed by atoms with Gasteiger partial charge in [0.15, 0.2) is 0 Å². The van der Waals surface area contributed by atoms with Crippen molar-refractivity contribution >= 4 is 45.6 Å². The Kier molecular flexibility index (Phi) is 6.43. The van der Waals surface area contributed by atoms with Crippen LogP contribution in [0.5, 0.6) is 11.5 Å². The standard InChI is InChI=1S/C39H38N4O/c1-26(2)41-27(3)42(36-18-11-10-17-35(36)41)29-13-12-14-30(24-29)44-31-19-20-33-32-15-8-9-16-34(32)43(37(33)25-31)38-23-28(39(4,5)6)21-22-40(38)7/h8-26H,3,7H2,1-2,4-6H3. The van der Waals surface area contributed by atoms with Gasteiger partial charge in [0.2, 0.25) is 0 Å². The topological polar surface area (TPSA) is 22.6 Å². The van der Waals surface area contributed by atoms with Gasteiger partial charge in [0.05, 0.1) is 23.3 Å². The zero-order valence-corrected chi connectivity index (χ0v) is 26.1. The molecule has 0 aliphatic carbocycles. The molecule has 4 aromatic carbocycles. The molecule has 3 heterocycles. The average Bonchev–Trinajstić information content (AvgIpc) is 3.48. The van der Waals surface area contributed by atoms with E-state index >= 15 is 0 Å². The van der Waals surface area contributed by atoms with Crippen LogP contribution < -0.4 is 19.1 Å². The summed E-state index contributed by atoms with van der Waals surface area (Å²) in [6.45, 7) is 19.9. The molecule has 0 saturated heterocycles. The number of ether oxygens (including phenoxy) is 1. The molecule has 5 nitrogen and oxygen atoms in total. The maximum absolute atomic E-state index is 6.57. The molecular weight excluding hydrogens is 540 g/mol. The molecule has 5 aromatic rings. The van der Waals surface area contributed by atoms with Crippen molar-refractivity contribution < 1.29 is 13.9 Å². The molecule has 0 atom stereocenters. The molecule has 0 saturated carbocycles. The first-order valence-corrected chi connectivity index (χ1v) is 15.2. The Hall–Kier alpha value is -5.16. The molecule has 1 aromatic heterocycles. The fourth-order valence-corrected chi connectivity index (χ4v) is 6.37. The Morgan fingerprint density at radius 3 is 2.39 bits per heavy atom. The van der Waals surface area contributed by atoms with Gasteiger partial charge >= 0.3 is 6.17 Å². The fourth-order valence-electron chi connectivity index (χ4n) is 6.37. The third kappa shape index (κ3) is 4.47. The minimum Gasteiger partial charge on any atom is -0.458 e. The summed E-state index contributed by atoms with van der Waals surface area (Å²) in [6, 6.07) is 31.9. The predicted molar refractivity (Wildman–Crippen MR) is 182 cm³/mol. The highest BCUT2D eigenvalue weighted by molar-refractivity contribution is 6.04. The number of hydrogen-bond acceptors (Lipinski definition) is 3. The van der Waals surface area contributed by atoms with Crippen molar-refractivity contribution in [1.29, 1.82) is 0 Å². The number of rotatable bonds is 5. The highest BCUT2D eigenvalue weighted by Gasteiger charge is 2.32. The Bertz CT molecular complexity index is 2020. The van der Waals surface area contributed by atoms with E-state index in [1.807, 2.05) is 22.9 Å². The minimum atomic E-state index is 0.00835. The smallest absolute Gasteiger partial charge is 0.316 e. The van der Waals surface area contributed by atoms with E-state index in [0.29, 0.717) is 0 Å². The van der Waals surface area contributed by atoms with Crippen molar-refractivity contribution in [3.8, 4) is 11.5 Å². The van der Waals surface area contributed by atoms with E-state index in [1.165, 1.54) is 16.3 Å². The average molecular weight is 579 g/mol. The highest BCUT2D eigenvalue weighted by Crippen LogP contribution is 2.47. The monoisotopic (exact) mass is 578 g/mol. The molecule has 0 unspecified atom stereocenters. The third-order valence-corrected chi connectivity index (χ3v) is 8.50. The molecule has 0 spiro atoms. The summed E-state index contributed by atoms with van der Waals surface area (Å²) in [5, 5.41) is 2.36. The van der Waals surface area contributed by atoms with Crippen LogP contribution in [0.1, 0.15) is 34.6 Å². The number of aromatic nitrogens is 1. The number of allylic oxidation sites excluding steroid dienone is 2. The zero-order valence-electron chi connectivity index (χ0n) is 26.1. The summed E-state index contributed by atoms with van der Waals surface area (Å²) in [6.07, 6.45) is 7.45. The maximum Gasteiger partial charge on any atom is 0.316 e. The highest BCUT2D eigenvalue weighted by atomic mass is 16.5. The molecule has 0 amide bonds. The fraction of sp³-hybridized carbons (Fsp3) is 0.179. The first-order valence-electron chi connectivity index (χ1n) is 15.2. The molecule has 0 N–H and O–H groups in total. The molecule has 220 valence electrons. The van der Waals surface area contributed by atoms with Gasteiger partial charge < -0.3 is 9.64 Å². The molecule has 0 radical (unpaired) electrons. The lowest BCUT2D eigenvalue weighted by Crippen LogP contribution is -2.45. The van der Waals surface area contributed by atoms with Crippen LogP contribution in [0.15, 0.2) is 127 Å². The Morgan fingerprint density at radius 2 is 1.61 bits per heavy atom. The van der Waals surface area contributed by atoms with Gasteiger partial charge in [0, 0.05) is 18.8 Å². The van der Waals surface area contributed by atoms with Crippen LogP contribution in [0, 0.1) is 11.6 Å².